The molecule has 0 bridgehead atoms. The van der Waals surface area contributed by atoms with Gasteiger partial charge in [0.05, 0.1) is 17.4 Å². The number of benzene rings is 2. The number of aromatic nitrogens is 2. The summed E-state index contributed by atoms with van der Waals surface area (Å²) >= 11 is 0. The minimum atomic E-state index is -0.160. The third kappa shape index (κ3) is 2.75. The average molecular weight is 263 g/mol. The highest BCUT2D eigenvalue weighted by atomic mass is 16.1. The van der Waals surface area contributed by atoms with Gasteiger partial charge in [0.15, 0.2) is 0 Å². The molecule has 0 saturated heterocycles. The molecule has 1 amide bonds. The van der Waals surface area contributed by atoms with Crippen molar-refractivity contribution < 1.29 is 4.79 Å². The molecule has 0 fully saturated rings. The molecule has 2 N–H and O–H groups in total. The molecule has 98 valence electrons. The third-order valence-electron chi connectivity index (χ3n) is 2.91. The number of imidazole rings is 1. The van der Waals surface area contributed by atoms with E-state index in [0.717, 1.165) is 22.3 Å². The molecule has 3 rings (SSSR count). The summed E-state index contributed by atoms with van der Waals surface area (Å²) < 4.78 is 0. The van der Waals surface area contributed by atoms with Gasteiger partial charge in [-0.05, 0) is 29.8 Å². The van der Waals surface area contributed by atoms with Gasteiger partial charge >= 0.3 is 0 Å². The fourth-order valence-electron chi connectivity index (χ4n) is 1.93. The second-order valence-corrected chi connectivity index (χ2v) is 4.37. The van der Waals surface area contributed by atoms with E-state index in [4.69, 9.17) is 0 Å². The number of nitrogens with one attached hydrogen (secondary N) is 2. The second-order valence-electron chi connectivity index (χ2n) is 4.37. The Balaban J connectivity index is 1.70. The summed E-state index contributed by atoms with van der Waals surface area (Å²) in [5, 5.41) is 2.82. The molecule has 1 heterocycles. The summed E-state index contributed by atoms with van der Waals surface area (Å²) in [6.07, 6.45) is 4.93. The van der Waals surface area contributed by atoms with Crippen LogP contribution in [0.25, 0.3) is 17.1 Å². The van der Waals surface area contributed by atoms with E-state index in [1.165, 1.54) is 6.08 Å². The number of nitrogens with zero attached hydrogens (tertiary/aromatic N) is 1. The average Bonchev–Trinajstić information content (AvgIpc) is 2.94. The van der Waals surface area contributed by atoms with Crippen LogP contribution in [0.1, 0.15) is 5.56 Å². The molecule has 0 saturated carbocycles. The molecule has 0 spiro atoms. The Morgan fingerprint density at radius 2 is 2.00 bits per heavy atom. The molecule has 2 aromatic carbocycles. The number of hydrogen-bond donors (Lipinski definition) is 2. The lowest BCUT2D eigenvalue weighted by molar-refractivity contribution is -0.111. The molecule has 4 heteroatoms. The second kappa shape index (κ2) is 5.40. The van der Waals surface area contributed by atoms with E-state index in [9.17, 15) is 4.79 Å². The molecule has 3 aromatic rings. The topological polar surface area (TPSA) is 57.8 Å². The van der Waals surface area contributed by atoms with Gasteiger partial charge in [0.25, 0.3) is 0 Å². The molecule has 0 aliphatic rings. The predicted molar refractivity (Wildman–Crippen MR) is 80.2 cm³/mol. The molecule has 0 aliphatic carbocycles. The Kier molecular flexibility index (Phi) is 3.29. The number of fused-ring (bicyclic) bond motifs is 1. The Bertz CT molecular complexity index is 760. The monoisotopic (exact) mass is 263 g/mol. The van der Waals surface area contributed by atoms with Crippen LogP contribution in [0.2, 0.25) is 0 Å². The van der Waals surface area contributed by atoms with Gasteiger partial charge in [0, 0.05) is 11.8 Å². The molecule has 1 aromatic heterocycles. The number of amides is 1. The molecular formula is C16H13N3O. The number of anilines is 1. The normalized spacial score (nSPS) is 11.0. The fourth-order valence-corrected chi connectivity index (χ4v) is 1.93. The summed E-state index contributed by atoms with van der Waals surface area (Å²) in [5.41, 5.74) is 3.51. The minimum absolute atomic E-state index is 0.160. The molecule has 0 unspecified atom stereocenters. The zero-order chi connectivity index (χ0) is 13.8. The third-order valence-corrected chi connectivity index (χ3v) is 2.91. The number of H-pyrrole nitrogens is 1. The van der Waals surface area contributed by atoms with Crippen molar-refractivity contribution in [2.75, 3.05) is 5.32 Å². The van der Waals surface area contributed by atoms with E-state index in [0.29, 0.717) is 0 Å². The maximum atomic E-state index is 11.8. The van der Waals surface area contributed by atoms with Crippen molar-refractivity contribution >= 4 is 28.7 Å². The van der Waals surface area contributed by atoms with Crippen LogP contribution in [0.15, 0.2) is 60.9 Å². The number of hydrogen-bond acceptors (Lipinski definition) is 2. The Morgan fingerprint density at radius 3 is 2.85 bits per heavy atom. The quantitative estimate of drug-likeness (QED) is 0.713. The van der Waals surface area contributed by atoms with Gasteiger partial charge in [-0.1, -0.05) is 30.3 Å². The van der Waals surface area contributed by atoms with Crippen LogP contribution in [0.4, 0.5) is 5.69 Å². The molecular weight excluding hydrogens is 250 g/mol. The summed E-state index contributed by atoms with van der Waals surface area (Å²) in [6.45, 7) is 0. The highest BCUT2D eigenvalue weighted by molar-refractivity contribution is 6.02. The first-order valence-electron chi connectivity index (χ1n) is 6.28. The van der Waals surface area contributed by atoms with Crippen molar-refractivity contribution in [2.24, 2.45) is 0 Å². The van der Waals surface area contributed by atoms with Crippen LogP contribution < -0.4 is 5.32 Å². The van der Waals surface area contributed by atoms with Crippen molar-refractivity contribution in [1.82, 2.24) is 9.97 Å². The van der Waals surface area contributed by atoms with Gasteiger partial charge in [-0.3, -0.25) is 4.79 Å². The highest BCUT2D eigenvalue weighted by Gasteiger charge is 2.00. The number of carbonyl (C=O) groups excluding carboxylic acids is 1. The first-order valence-corrected chi connectivity index (χ1v) is 6.28. The summed E-state index contributed by atoms with van der Waals surface area (Å²) in [5.74, 6) is -0.160. The fraction of sp³-hybridized carbons (Fsp3) is 0. The highest BCUT2D eigenvalue weighted by Crippen LogP contribution is 2.15. The van der Waals surface area contributed by atoms with Crippen LogP contribution >= 0.6 is 0 Å². The van der Waals surface area contributed by atoms with Gasteiger partial charge in [-0.25, -0.2) is 4.98 Å². The zero-order valence-electron chi connectivity index (χ0n) is 10.7. The van der Waals surface area contributed by atoms with Crippen molar-refractivity contribution in [3.63, 3.8) is 0 Å². The lowest BCUT2D eigenvalue weighted by atomic mass is 10.2. The number of aromatic amines is 1. The van der Waals surface area contributed by atoms with Crippen molar-refractivity contribution in [2.45, 2.75) is 0 Å². The summed E-state index contributed by atoms with van der Waals surface area (Å²) in [6, 6.07) is 15.3. The molecule has 0 aliphatic heterocycles. The Morgan fingerprint density at radius 1 is 1.15 bits per heavy atom. The van der Waals surface area contributed by atoms with E-state index in [1.54, 1.807) is 12.4 Å². The van der Waals surface area contributed by atoms with Gasteiger partial charge in [-0.15, -0.1) is 0 Å². The summed E-state index contributed by atoms with van der Waals surface area (Å²) in [7, 11) is 0. The predicted octanol–water partition coefficient (Wildman–Crippen LogP) is 3.21. The van der Waals surface area contributed by atoms with Crippen LogP contribution in [-0.2, 0) is 4.79 Å². The standard InChI is InChI=1S/C16H13N3O/c20-16(9-6-12-4-2-1-3-5-12)19-13-7-8-14-15(10-13)18-11-17-14/h1-11H,(H,17,18)(H,19,20). The van der Waals surface area contributed by atoms with E-state index < -0.39 is 0 Å². The van der Waals surface area contributed by atoms with E-state index >= 15 is 0 Å². The first-order chi connectivity index (χ1) is 9.81. The smallest absolute Gasteiger partial charge is 0.248 e. The number of carbonyl (C=O) groups is 1. The van der Waals surface area contributed by atoms with Crippen molar-refractivity contribution in [1.29, 1.82) is 0 Å². The molecule has 4 nitrogen and oxygen atoms in total. The SMILES string of the molecule is O=C(C=Cc1ccccc1)Nc1ccc2nc[nH]c2c1. The first kappa shape index (κ1) is 12.2. The Labute approximate surface area is 116 Å². The van der Waals surface area contributed by atoms with Gasteiger partial charge in [-0.2, -0.15) is 0 Å². The molecule has 0 radical (unpaired) electrons. The molecule has 0 atom stereocenters. The van der Waals surface area contributed by atoms with Crippen LogP contribution in [0.5, 0.6) is 0 Å². The van der Waals surface area contributed by atoms with Crippen LogP contribution in [-0.4, -0.2) is 15.9 Å². The van der Waals surface area contributed by atoms with Crippen LogP contribution in [0.3, 0.4) is 0 Å². The maximum absolute atomic E-state index is 11.8. The maximum Gasteiger partial charge on any atom is 0.248 e. The van der Waals surface area contributed by atoms with Crippen molar-refractivity contribution in [3.8, 4) is 0 Å². The van der Waals surface area contributed by atoms with E-state index in [1.807, 2.05) is 48.5 Å². The van der Waals surface area contributed by atoms with Crippen molar-refractivity contribution in [3.05, 3.63) is 66.5 Å². The zero-order valence-corrected chi connectivity index (χ0v) is 10.7. The van der Waals surface area contributed by atoms with E-state index in [-0.39, 0.29) is 5.91 Å². The lowest BCUT2D eigenvalue weighted by Crippen LogP contribution is -2.07. The minimum Gasteiger partial charge on any atom is -0.345 e. The molecule has 20 heavy (non-hydrogen) atoms. The van der Waals surface area contributed by atoms with Gasteiger partial charge in [0.1, 0.15) is 0 Å². The Hall–Kier alpha value is -2.88. The van der Waals surface area contributed by atoms with Crippen LogP contribution in [0, 0.1) is 0 Å². The largest absolute Gasteiger partial charge is 0.345 e. The van der Waals surface area contributed by atoms with Gasteiger partial charge in [0.2, 0.25) is 5.91 Å². The van der Waals surface area contributed by atoms with Gasteiger partial charge < -0.3 is 10.3 Å². The van der Waals surface area contributed by atoms with E-state index in [2.05, 4.69) is 15.3 Å². The number of rotatable bonds is 3. The summed E-state index contributed by atoms with van der Waals surface area (Å²) in [4.78, 5) is 19.0. The lowest BCUT2D eigenvalue weighted by Gasteiger charge is -2.01.